The molecule has 88 valence electrons. The molecule has 3 heteroatoms. The third-order valence-electron chi connectivity index (χ3n) is 2.77. The van der Waals surface area contributed by atoms with Crippen molar-refractivity contribution in [2.45, 2.75) is 20.3 Å². The van der Waals surface area contributed by atoms with Gasteiger partial charge in [0, 0.05) is 6.42 Å². The molecular weight excluding hydrogens is 280 g/mol. The zero-order valence-electron chi connectivity index (χ0n) is 9.79. The van der Waals surface area contributed by atoms with Crippen molar-refractivity contribution < 1.29 is 9.21 Å². The molecule has 0 saturated heterocycles. The zero-order chi connectivity index (χ0) is 12.4. The summed E-state index contributed by atoms with van der Waals surface area (Å²) in [6.45, 7) is 4.05. The molecule has 0 spiro atoms. The predicted molar refractivity (Wildman–Crippen MR) is 70.4 cm³/mol. The molecule has 0 radical (unpaired) electrons. The standard InChI is InChI=1S/C14H13BrO2/c1-9-3-4-10(2)11(7-9)8-13(16)12-5-6-17-14(12)15/h3-7H,8H2,1-2H3. The Morgan fingerprint density at radius 1 is 1.29 bits per heavy atom. The normalized spacial score (nSPS) is 10.5. The maximum atomic E-state index is 12.1. The summed E-state index contributed by atoms with van der Waals surface area (Å²) in [5.41, 5.74) is 3.99. The number of carbonyl (C=O) groups is 1. The Balaban J connectivity index is 2.24. The Labute approximate surface area is 109 Å². The van der Waals surface area contributed by atoms with Crippen molar-refractivity contribution in [2.75, 3.05) is 0 Å². The zero-order valence-corrected chi connectivity index (χ0v) is 11.4. The van der Waals surface area contributed by atoms with E-state index in [-0.39, 0.29) is 5.78 Å². The Bertz CT molecular complexity index is 555. The molecule has 0 bridgehead atoms. The Kier molecular flexibility index (Phi) is 3.48. The fraction of sp³-hybridized carbons (Fsp3) is 0.214. The molecule has 1 heterocycles. The second-order valence-corrected chi connectivity index (χ2v) is 4.86. The summed E-state index contributed by atoms with van der Waals surface area (Å²) in [5.74, 6) is 0.0688. The smallest absolute Gasteiger partial charge is 0.179 e. The summed E-state index contributed by atoms with van der Waals surface area (Å²) < 4.78 is 5.58. The number of ketones is 1. The minimum Gasteiger partial charge on any atom is -0.457 e. The molecular formula is C14H13BrO2. The first-order valence-electron chi connectivity index (χ1n) is 5.40. The van der Waals surface area contributed by atoms with E-state index in [0.717, 1.165) is 11.1 Å². The monoisotopic (exact) mass is 292 g/mol. The number of carbonyl (C=O) groups excluding carboxylic acids is 1. The molecule has 0 atom stereocenters. The van der Waals surface area contributed by atoms with E-state index in [1.807, 2.05) is 19.9 Å². The van der Waals surface area contributed by atoms with Gasteiger partial charge in [-0.2, -0.15) is 0 Å². The summed E-state index contributed by atoms with van der Waals surface area (Å²) in [4.78, 5) is 12.1. The highest BCUT2D eigenvalue weighted by atomic mass is 79.9. The second kappa shape index (κ2) is 4.88. The van der Waals surface area contributed by atoms with Gasteiger partial charge in [0.05, 0.1) is 11.8 Å². The Hall–Kier alpha value is -1.35. The number of hydrogen-bond donors (Lipinski definition) is 0. The van der Waals surface area contributed by atoms with Crippen molar-refractivity contribution >= 4 is 21.7 Å². The van der Waals surface area contributed by atoms with Crippen LogP contribution in [-0.4, -0.2) is 5.78 Å². The molecule has 2 nitrogen and oxygen atoms in total. The van der Waals surface area contributed by atoms with Gasteiger partial charge in [-0.3, -0.25) is 4.79 Å². The van der Waals surface area contributed by atoms with Crippen LogP contribution in [0.1, 0.15) is 27.0 Å². The largest absolute Gasteiger partial charge is 0.457 e. The van der Waals surface area contributed by atoms with E-state index in [1.165, 1.54) is 11.8 Å². The number of furan rings is 1. The SMILES string of the molecule is Cc1ccc(C)c(CC(=O)c2ccoc2Br)c1. The van der Waals surface area contributed by atoms with Crippen LogP contribution in [0.4, 0.5) is 0 Å². The van der Waals surface area contributed by atoms with Crippen LogP contribution in [0.5, 0.6) is 0 Å². The van der Waals surface area contributed by atoms with Crippen molar-refractivity contribution in [3.05, 3.63) is 57.5 Å². The number of halogens is 1. The average molecular weight is 293 g/mol. The van der Waals surface area contributed by atoms with Crippen molar-refractivity contribution in [3.8, 4) is 0 Å². The fourth-order valence-corrected chi connectivity index (χ4v) is 2.21. The highest BCUT2D eigenvalue weighted by Gasteiger charge is 2.14. The number of hydrogen-bond acceptors (Lipinski definition) is 2. The van der Waals surface area contributed by atoms with Crippen LogP contribution in [0.25, 0.3) is 0 Å². The third-order valence-corrected chi connectivity index (χ3v) is 3.39. The summed E-state index contributed by atoms with van der Waals surface area (Å²) in [6, 6.07) is 7.85. The van der Waals surface area contributed by atoms with Gasteiger partial charge in [-0.15, -0.1) is 0 Å². The van der Waals surface area contributed by atoms with Crippen LogP contribution in [-0.2, 0) is 6.42 Å². The summed E-state index contributed by atoms with van der Waals surface area (Å²) >= 11 is 3.23. The van der Waals surface area contributed by atoms with Crippen LogP contribution in [0.3, 0.4) is 0 Å². The fourth-order valence-electron chi connectivity index (χ4n) is 1.75. The summed E-state index contributed by atoms with van der Waals surface area (Å²) in [7, 11) is 0. The van der Waals surface area contributed by atoms with Gasteiger partial charge in [0.1, 0.15) is 0 Å². The number of rotatable bonds is 3. The second-order valence-electron chi connectivity index (χ2n) is 4.14. The molecule has 2 rings (SSSR count). The molecule has 0 fully saturated rings. The number of Topliss-reactive ketones (excluding diaryl/α,β-unsaturated/α-hetero) is 1. The van der Waals surface area contributed by atoms with Gasteiger partial charge in [0.2, 0.25) is 0 Å². The molecule has 17 heavy (non-hydrogen) atoms. The molecule has 0 aliphatic rings. The predicted octanol–water partition coefficient (Wildman–Crippen LogP) is 4.08. The van der Waals surface area contributed by atoms with Crippen LogP contribution < -0.4 is 0 Å². The number of benzene rings is 1. The van der Waals surface area contributed by atoms with Crippen molar-refractivity contribution in [3.63, 3.8) is 0 Å². The first kappa shape index (κ1) is 12.1. The van der Waals surface area contributed by atoms with Crippen molar-refractivity contribution in [1.82, 2.24) is 0 Å². The average Bonchev–Trinajstić information content (AvgIpc) is 2.70. The maximum Gasteiger partial charge on any atom is 0.179 e. The van der Waals surface area contributed by atoms with Crippen LogP contribution in [0.2, 0.25) is 0 Å². The lowest BCUT2D eigenvalue weighted by molar-refractivity contribution is 0.0991. The third kappa shape index (κ3) is 2.67. The van der Waals surface area contributed by atoms with Gasteiger partial charge >= 0.3 is 0 Å². The first-order chi connectivity index (χ1) is 8.08. The van der Waals surface area contributed by atoms with Gasteiger partial charge in [0.15, 0.2) is 10.5 Å². The summed E-state index contributed by atoms with van der Waals surface area (Å²) in [6.07, 6.45) is 1.92. The van der Waals surface area contributed by atoms with E-state index in [4.69, 9.17) is 4.42 Å². The van der Waals surface area contributed by atoms with E-state index in [9.17, 15) is 4.79 Å². The highest BCUT2D eigenvalue weighted by Crippen LogP contribution is 2.21. The van der Waals surface area contributed by atoms with Crippen LogP contribution in [0.15, 0.2) is 39.6 Å². The van der Waals surface area contributed by atoms with Gasteiger partial charge < -0.3 is 4.42 Å². The lowest BCUT2D eigenvalue weighted by Crippen LogP contribution is -2.04. The van der Waals surface area contributed by atoms with Gasteiger partial charge in [-0.1, -0.05) is 23.8 Å². The molecule has 0 saturated carbocycles. The molecule has 0 unspecified atom stereocenters. The van der Waals surface area contributed by atoms with Gasteiger partial charge in [-0.25, -0.2) is 0 Å². The van der Waals surface area contributed by atoms with Crippen LogP contribution >= 0.6 is 15.9 Å². The lowest BCUT2D eigenvalue weighted by atomic mass is 9.99. The van der Waals surface area contributed by atoms with Gasteiger partial charge in [-0.05, 0) is 47.0 Å². The van der Waals surface area contributed by atoms with Gasteiger partial charge in [0.25, 0.3) is 0 Å². The van der Waals surface area contributed by atoms with E-state index in [0.29, 0.717) is 16.7 Å². The molecule has 1 aromatic carbocycles. The highest BCUT2D eigenvalue weighted by molar-refractivity contribution is 9.10. The maximum absolute atomic E-state index is 12.1. The topological polar surface area (TPSA) is 30.2 Å². The number of aryl methyl sites for hydroxylation is 2. The quantitative estimate of drug-likeness (QED) is 0.798. The molecule has 0 N–H and O–H groups in total. The minimum absolute atomic E-state index is 0.0688. The van der Waals surface area contributed by atoms with E-state index in [1.54, 1.807) is 6.07 Å². The lowest BCUT2D eigenvalue weighted by Gasteiger charge is -2.05. The first-order valence-corrected chi connectivity index (χ1v) is 6.19. The molecule has 0 aliphatic carbocycles. The minimum atomic E-state index is 0.0688. The van der Waals surface area contributed by atoms with Crippen molar-refractivity contribution in [1.29, 1.82) is 0 Å². The Morgan fingerprint density at radius 2 is 2.06 bits per heavy atom. The van der Waals surface area contributed by atoms with Crippen LogP contribution in [0, 0.1) is 13.8 Å². The van der Waals surface area contributed by atoms with E-state index >= 15 is 0 Å². The molecule has 2 aromatic rings. The van der Waals surface area contributed by atoms with E-state index in [2.05, 4.69) is 28.1 Å². The molecule has 1 aromatic heterocycles. The Morgan fingerprint density at radius 3 is 2.71 bits per heavy atom. The van der Waals surface area contributed by atoms with Crippen molar-refractivity contribution in [2.24, 2.45) is 0 Å². The van der Waals surface area contributed by atoms with E-state index < -0.39 is 0 Å². The molecule has 0 aliphatic heterocycles. The molecule has 0 amide bonds. The summed E-state index contributed by atoms with van der Waals surface area (Å²) in [5, 5.41) is 0.